The van der Waals surface area contributed by atoms with Gasteiger partial charge in [0.25, 0.3) is 5.91 Å². The highest BCUT2D eigenvalue weighted by Crippen LogP contribution is 2.36. The van der Waals surface area contributed by atoms with E-state index in [2.05, 4.69) is 20.4 Å². The average Bonchev–Trinajstić information content (AvgIpc) is 3.27. The molecule has 0 unspecified atom stereocenters. The van der Waals surface area contributed by atoms with Crippen LogP contribution in [0.5, 0.6) is 5.75 Å². The highest BCUT2D eigenvalue weighted by atomic mass is 35.5. The summed E-state index contributed by atoms with van der Waals surface area (Å²) in [6.45, 7) is 0. The first-order chi connectivity index (χ1) is 13.1. The van der Waals surface area contributed by atoms with Crippen LogP contribution in [0.15, 0.2) is 42.3 Å². The summed E-state index contributed by atoms with van der Waals surface area (Å²) >= 11 is 7.58. The zero-order valence-corrected chi connectivity index (χ0v) is 16.0. The molecule has 0 saturated heterocycles. The molecule has 0 spiro atoms. The molecule has 1 amide bonds. The Morgan fingerprint density at radius 3 is 3.00 bits per heavy atom. The SMILES string of the molecule is COc1ccc(Cl)cc1-c1nn(C)cc1NC(=O)c1cncc2scnc12. The van der Waals surface area contributed by atoms with Crippen molar-refractivity contribution < 1.29 is 9.53 Å². The Labute approximate surface area is 163 Å². The largest absolute Gasteiger partial charge is 0.496 e. The van der Waals surface area contributed by atoms with Crippen molar-refractivity contribution in [2.24, 2.45) is 7.05 Å². The van der Waals surface area contributed by atoms with E-state index in [4.69, 9.17) is 16.3 Å². The van der Waals surface area contributed by atoms with Gasteiger partial charge in [-0.2, -0.15) is 5.10 Å². The predicted octanol–water partition coefficient (Wildman–Crippen LogP) is 4.01. The number of halogens is 1. The number of benzene rings is 1. The third-order valence-electron chi connectivity index (χ3n) is 3.98. The minimum Gasteiger partial charge on any atom is -0.496 e. The molecule has 27 heavy (non-hydrogen) atoms. The fourth-order valence-corrected chi connectivity index (χ4v) is 3.63. The van der Waals surface area contributed by atoms with Gasteiger partial charge < -0.3 is 10.1 Å². The first-order valence-electron chi connectivity index (χ1n) is 7.93. The molecule has 1 aromatic carbocycles. The van der Waals surface area contributed by atoms with Gasteiger partial charge in [-0.25, -0.2) is 4.98 Å². The van der Waals surface area contributed by atoms with Gasteiger partial charge in [0.15, 0.2) is 0 Å². The van der Waals surface area contributed by atoms with Gasteiger partial charge in [0.1, 0.15) is 11.4 Å². The number of thiazole rings is 1. The van der Waals surface area contributed by atoms with Gasteiger partial charge in [-0.1, -0.05) is 11.6 Å². The number of hydrogen-bond donors (Lipinski definition) is 1. The molecule has 136 valence electrons. The van der Waals surface area contributed by atoms with Crippen molar-refractivity contribution in [3.8, 4) is 17.0 Å². The number of aromatic nitrogens is 4. The summed E-state index contributed by atoms with van der Waals surface area (Å²) in [4.78, 5) is 21.2. The quantitative estimate of drug-likeness (QED) is 0.560. The number of rotatable bonds is 4. The van der Waals surface area contributed by atoms with Crippen molar-refractivity contribution in [3.05, 3.63) is 52.9 Å². The smallest absolute Gasteiger partial charge is 0.259 e. The Bertz CT molecular complexity index is 1150. The molecule has 0 atom stereocenters. The summed E-state index contributed by atoms with van der Waals surface area (Å²) in [6.07, 6.45) is 4.92. The van der Waals surface area contributed by atoms with Gasteiger partial charge in [0, 0.05) is 36.2 Å². The number of nitrogens with zero attached hydrogens (tertiary/aromatic N) is 4. The van der Waals surface area contributed by atoms with E-state index in [1.54, 1.807) is 54.9 Å². The van der Waals surface area contributed by atoms with E-state index < -0.39 is 0 Å². The van der Waals surface area contributed by atoms with Crippen molar-refractivity contribution >= 4 is 44.7 Å². The van der Waals surface area contributed by atoms with Gasteiger partial charge in [-0.3, -0.25) is 14.5 Å². The van der Waals surface area contributed by atoms with Crippen LogP contribution in [0.1, 0.15) is 10.4 Å². The molecule has 3 heterocycles. The minimum atomic E-state index is -0.311. The molecular formula is C18H14ClN5O2S. The normalized spacial score (nSPS) is 10.9. The Hall–Kier alpha value is -2.97. The van der Waals surface area contributed by atoms with Crippen LogP contribution in [0.2, 0.25) is 5.02 Å². The van der Waals surface area contributed by atoms with Gasteiger partial charge in [0.2, 0.25) is 0 Å². The van der Waals surface area contributed by atoms with E-state index in [0.717, 1.165) is 4.70 Å². The number of fused-ring (bicyclic) bond motifs is 1. The first kappa shape index (κ1) is 17.4. The number of amides is 1. The summed E-state index contributed by atoms with van der Waals surface area (Å²) in [5, 5.41) is 7.91. The summed E-state index contributed by atoms with van der Waals surface area (Å²) in [5.74, 6) is 0.297. The Morgan fingerprint density at radius 1 is 1.33 bits per heavy atom. The standard InChI is InChI=1S/C18H14ClN5O2S/c1-24-8-13(16(23-24)11-5-10(19)3-4-14(11)26-2)22-18(25)12-6-20-7-15-17(12)21-9-27-15/h3-9H,1-2H3,(H,22,25). The molecule has 7 nitrogen and oxygen atoms in total. The maximum absolute atomic E-state index is 12.9. The van der Waals surface area contributed by atoms with E-state index >= 15 is 0 Å². The Kier molecular flexibility index (Phi) is 4.51. The van der Waals surface area contributed by atoms with E-state index in [0.29, 0.717) is 38.8 Å². The molecule has 4 rings (SSSR count). The molecule has 9 heteroatoms. The van der Waals surface area contributed by atoms with E-state index in [9.17, 15) is 4.79 Å². The van der Waals surface area contributed by atoms with E-state index in [-0.39, 0.29) is 5.91 Å². The fourth-order valence-electron chi connectivity index (χ4n) is 2.79. The highest BCUT2D eigenvalue weighted by Gasteiger charge is 2.19. The number of ether oxygens (including phenoxy) is 1. The van der Waals surface area contributed by atoms with Crippen molar-refractivity contribution in [2.75, 3.05) is 12.4 Å². The molecule has 0 saturated carbocycles. The Balaban J connectivity index is 1.75. The number of methoxy groups -OCH3 is 1. The van der Waals surface area contributed by atoms with Crippen molar-refractivity contribution in [2.45, 2.75) is 0 Å². The second-order valence-electron chi connectivity index (χ2n) is 5.75. The number of hydrogen-bond acceptors (Lipinski definition) is 6. The number of anilines is 1. The number of pyridine rings is 1. The maximum atomic E-state index is 12.9. The van der Waals surface area contributed by atoms with Crippen LogP contribution in [-0.4, -0.2) is 32.8 Å². The van der Waals surface area contributed by atoms with Gasteiger partial charge in [-0.15, -0.1) is 11.3 Å². The lowest BCUT2D eigenvalue weighted by atomic mass is 10.1. The fraction of sp³-hybridized carbons (Fsp3) is 0.111. The second kappa shape index (κ2) is 6.98. The zero-order valence-electron chi connectivity index (χ0n) is 14.4. The van der Waals surface area contributed by atoms with Crippen LogP contribution < -0.4 is 10.1 Å². The molecular weight excluding hydrogens is 386 g/mol. The first-order valence-corrected chi connectivity index (χ1v) is 9.18. The average molecular weight is 400 g/mol. The summed E-state index contributed by atoms with van der Waals surface area (Å²) in [6, 6.07) is 5.25. The number of carbonyl (C=O) groups is 1. The topological polar surface area (TPSA) is 81.9 Å². The number of nitrogens with one attached hydrogen (secondary N) is 1. The lowest BCUT2D eigenvalue weighted by Gasteiger charge is -2.10. The van der Waals surface area contributed by atoms with Crippen LogP contribution >= 0.6 is 22.9 Å². The summed E-state index contributed by atoms with van der Waals surface area (Å²) in [7, 11) is 3.35. The van der Waals surface area contributed by atoms with E-state index in [1.807, 2.05) is 0 Å². The molecule has 0 fully saturated rings. The molecule has 0 aliphatic rings. The molecule has 0 aliphatic heterocycles. The zero-order chi connectivity index (χ0) is 19.0. The molecule has 0 aliphatic carbocycles. The van der Waals surface area contributed by atoms with Crippen LogP contribution in [0.3, 0.4) is 0 Å². The van der Waals surface area contributed by atoms with Gasteiger partial charge >= 0.3 is 0 Å². The maximum Gasteiger partial charge on any atom is 0.259 e. The minimum absolute atomic E-state index is 0.311. The lowest BCUT2D eigenvalue weighted by Crippen LogP contribution is -2.13. The number of aryl methyl sites for hydroxylation is 1. The predicted molar refractivity (Wildman–Crippen MR) is 106 cm³/mol. The monoisotopic (exact) mass is 399 g/mol. The molecule has 3 aromatic heterocycles. The lowest BCUT2D eigenvalue weighted by molar-refractivity contribution is 0.102. The molecule has 4 aromatic rings. The number of carbonyl (C=O) groups excluding carboxylic acids is 1. The van der Waals surface area contributed by atoms with Crippen molar-refractivity contribution in [1.29, 1.82) is 0 Å². The third kappa shape index (κ3) is 3.24. The molecule has 1 N–H and O–H groups in total. The van der Waals surface area contributed by atoms with Crippen LogP contribution in [0, 0.1) is 0 Å². The molecule has 0 bridgehead atoms. The van der Waals surface area contributed by atoms with Crippen LogP contribution in [0.4, 0.5) is 5.69 Å². The summed E-state index contributed by atoms with van der Waals surface area (Å²) < 4.78 is 7.89. The van der Waals surface area contributed by atoms with Crippen LogP contribution in [-0.2, 0) is 7.05 Å². The van der Waals surface area contributed by atoms with Crippen molar-refractivity contribution in [3.63, 3.8) is 0 Å². The van der Waals surface area contributed by atoms with Gasteiger partial charge in [-0.05, 0) is 18.2 Å². The second-order valence-corrected chi connectivity index (χ2v) is 7.07. The van der Waals surface area contributed by atoms with E-state index in [1.165, 1.54) is 17.5 Å². The third-order valence-corrected chi connectivity index (χ3v) is 4.98. The summed E-state index contributed by atoms with van der Waals surface area (Å²) in [5.41, 5.74) is 4.50. The highest BCUT2D eigenvalue weighted by molar-refractivity contribution is 7.16. The molecule has 0 radical (unpaired) electrons. The van der Waals surface area contributed by atoms with Crippen LogP contribution in [0.25, 0.3) is 21.5 Å². The Morgan fingerprint density at radius 2 is 2.19 bits per heavy atom. The van der Waals surface area contributed by atoms with Gasteiger partial charge in [0.05, 0.1) is 34.1 Å². The van der Waals surface area contributed by atoms with Crippen molar-refractivity contribution in [1.82, 2.24) is 19.7 Å².